The maximum atomic E-state index is 9.03. The van der Waals surface area contributed by atoms with Gasteiger partial charge in [-0.25, -0.2) is 0 Å². The maximum Gasteiger partial charge on any atom is 0.528 e. The Hall–Kier alpha value is -0.683. The van der Waals surface area contributed by atoms with E-state index in [1.807, 2.05) is 12.1 Å². The molecule has 0 fully saturated rings. The monoisotopic (exact) mass is 212 g/mol. The Morgan fingerprint density at radius 1 is 1.14 bits per heavy atom. The van der Waals surface area contributed by atoms with Crippen LogP contribution in [0.4, 0.5) is 0 Å². The molecule has 1 atom stereocenters. The zero-order chi connectivity index (χ0) is 10.8. The molecule has 1 aromatic carbocycles. The number of hydrogen-bond acceptors (Lipinski definition) is 3. The van der Waals surface area contributed by atoms with E-state index >= 15 is 0 Å². The maximum absolute atomic E-state index is 9.03. The summed E-state index contributed by atoms with van der Waals surface area (Å²) in [5.74, 6) is 0.455. The molecule has 3 nitrogen and oxygen atoms in total. The molecule has 0 bridgehead atoms. The predicted octanol–water partition coefficient (Wildman–Crippen LogP) is 0.323. The average molecular weight is 212 g/mol. The molecule has 1 unspecified atom stereocenters. The molecule has 1 aromatic rings. The number of benzene rings is 1. The fourth-order valence-corrected chi connectivity index (χ4v) is 1.88. The van der Waals surface area contributed by atoms with E-state index < -0.39 is 8.80 Å². The highest BCUT2D eigenvalue weighted by molar-refractivity contribution is 6.71. The van der Waals surface area contributed by atoms with Crippen molar-refractivity contribution in [2.75, 3.05) is 0 Å². The zero-order valence-electron chi connectivity index (χ0n) is 8.44. The van der Waals surface area contributed by atoms with Gasteiger partial charge in [0.05, 0.1) is 0 Å². The Balaban J connectivity index is 2.89. The van der Waals surface area contributed by atoms with Gasteiger partial charge in [-0.05, 0) is 17.9 Å². The molecule has 0 aromatic heterocycles. The smallest absolute Gasteiger partial charge is 0.386 e. The van der Waals surface area contributed by atoms with Crippen LogP contribution in [-0.4, -0.2) is 23.2 Å². The van der Waals surface area contributed by atoms with E-state index in [9.17, 15) is 0 Å². The third-order valence-corrected chi connectivity index (χ3v) is 3.59. The third-order valence-electron chi connectivity index (χ3n) is 2.48. The van der Waals surface area contributed by atoms with Crippen LogP contribution in [0.25, 0.3) is 0 Å². The molecular formula is C10H16O3Si. The van der Waals surface area contributed by atoms with Crippen molar-refractivity contribution in [1.29, 1.82) is 0 Å². The highest BCUT2D eigenvalue weighted by atomic mass is 28.4. The highest BCUT2D eigenvalue weighted by Crippen LogP contribution is 2.17. The summed E-state index contributed by atoms with van der Waals surface area (Å²) in [4.78, 5) is 27.1. The van der Waals surface area contributed by atoms with E-state index in [1.165, 1.54) is 0 Å². The first-order chi connectivity index (χ1) is 6.45. The molecule has 0 amide bonds. The van der Waals surface area contributed by atoms with Gasteiger partial charge < -0.3 is 14.4 Å². The molecule has 0 saturated heterocycles. The number of hydrogen-bond donors (Lipinski definition) is 3. The predicted molar refractivity (Wildman–Crippen MR) is 57.2 cm³/mol. The summed E-state index contributed by atoms with van der Waals surface area (Å²) in [5, 5.41) is 0.226. The lowest BCUT2D eigenvalue weighted by atomic mass is 9.99. The summed E-state index contributed by atoms with van der Waals surface area (Å²) in [6, 6.07) is 6.81. The van der Waals surface area contributed by atoms with Crippen molar-refractivity contribution in [3.8, 4) is 0 Å². The van der Waals surface area contributed by atoms with Crippen LogP contribution < -0.4 is 5.19 Å². The topological polar surface area (TPSA) is 60.7 Å². The van der Waals surface area contributed by atoms with E-state index in [-0.39, 0.29) is 5.19 Å². The summed E-state index contributed by atoms with van der Waals surface area (Å²) < 4.78 is 0. The summed E-state index contributed by atoms with van der Waals surface area (Å²) in [6.45, 7) is 4.21. The summed E-state index contributed by atoms with van der Waals surface area (Å²) in [7, 11) is -4.10. The minimum Gasteiger partial charge on any atom is -0.386 e. The Morgan fingerprint density at radius 3 is 2.00 bits per heavy atom. The quantitative estimate of drug-likeness (QED) is 0.633. The van der Waals surface area contributed by atoms with Gasteiger partial charge in [-0.2, -0.15) is 0 Å². The van der Waals surface area contributed by atoms with Gasteiger partial charge in [-0.3, -0.25) is 0 Å². The molecule has 14 heavy (non-hydrogen) atoms. The van der Waals surface area contributed by atoms with Crippen LogP contribution in [0.3, 0.4) is 0 Å². The molecule has 1 rings (SSSR count). The molecule has 0 aliphatic heterocycles. The van der Waals surface area contributed by atoms with Crippen molar-refractivity contribution >= 4 is 14.0 Å². The summed E-state index contributed by atoms with van der Waals surface area (Å²) in [5.41, 5.74) is 1.15. The molecule has 0 aliphatic carbocycles. The van der Waals surface area contributed by atoms with Crippen LogP contribution >= 0.6 is 0 Å². The van der Waals surface area contributed by atoms with Gasteiger partial charge >= 0.3 is 8.80 Å². The van der Waals surface area contributed by atoms with Crippen LogP contribution in [0.5, 0.6) is 0 Å². The Kier molecular flexibility index (Phi) is 3.44. The van der Waals surface area contributed by atoms with Gasteiger partial charge in [-0.1, -0.05) is 38.1 Å². The molecule has 0 aliphatic rings. The molecule has 0 radical (unpaired) electrons. The average Bonchev–Trinajstić information content (AvgIpc) is 2.15. The Morgan fingerprint density at radius 2 is 1.64 bits per heavy atom. The second kappa shape index (κ2) is 4.23. The van der Waals surface area contributed by atoms with Gasteiger partial charge in [0.15, 0.2) is 0 Å². The van der Waals surface area contributed by atoms with E-state index in [0.717, 1.165) is 12.0 Å². The molecule has 3 N–H and O–H groups in total. The van der Waals surface area contributed by atoms with E-state index in [2.05, 4.69) is 13.8 Å². The van der Waals surface area contributed by atoms with Gasteiger partial charge in [-0.15, -0.1) is 0 Å². The third kappa shape index (κ3) is 2.65. The second-order valence-electron chi connectivity index (χ2n) is 3.57. The highest BCUT2D eigenvalue weighted by Gasteiger charge is 2.29. The van der Waals surface area contributed by atoms with Crippen molar-refractivity contribution < 1.29 is 14.4 Å². The van der Waals surface area contributed by atoms with Crippen molar-refractivity contribution in [1.82, 2.24) is 0 Å². The zero-order valence-corrected chi connectivity index (χ0v) is 9.44. The van der Waals surface area contributed by atoms with Crippen LogP contribution in [0.1, 0.15) is 31.7 Å². The van der Waals surface area contributed by atoms with E-state index in [1.54, 1.807) is 12.1 Å². The van der Waals surface area contributed by atoms with Crippen LogP contribution in [0.2, 0.25) is 0 Å². The first-order valence-corrected chi connectivity index (χ1v) is 6.57. The fraction of sp³-hybridized carbons (Fsp3) is 0.400. The minimum atomic E-state index is -4.10. The molecule has 0 heterocycles. The van der Waals surface area contributed by atoms with Gasteiger partial charge in [0.25, 0.3) is 0 Å². The molecule has 0 spiro atoms. The van der Waals surface area contributed by atoms with Gasteiger partial charge in [0.1, 0.15) is 0 Å². The largest absolute Gasteiger partial charge is 0.528 e. The van der Waals surface area contributed by atoms with Crippen molar-refractivity contribution in [2.45, 2.75) is 26.2 Å². The van der Waals surface area contributed by atoms with Crippen LogP contribution in [-0.2, 0) is 0 Å². The van der Waals surface area contributed by atoms with Crippen LogP contribution in [0, 0.1) is 0 Å². The Labute approximate surface area is 85.0 Å². The number of rotatable bonds is 3. The normalized spacial score (nSPS) is 14.1. The molecule has 78 valence electrons. The molecule has 0 saturated carbocycles. The van der Waals surface area contributed by atoms with Crippen molar-refractivity contribution in [2.24, 2.45) is 0 Å². The first-order valence-electron chi connectivity index (χ1n) is 4.72. The lowest BCUT2D eigenvalue weighted by Crippen LogP contribution is -2.48. The fourth-order valence-electron chi connectivity index (χ4n) is 1.27. The lowest BCUT2D eigenvalue weighted by molar-refractivity contribution is 0.249. The van der Waals surface area contributed by atoms with Crippen molar-refractivity contribution in [3.63, 3.8) is 0 Å². The van der Waals surface area contributed by atoms with Crippen LogP contribution in [0.15, 0.2) is 24.3 Å². The van der Waals surface area contributed by atoms with E-state index in [0.29, 0.717) is 5.92 Å². The second-order valence-corrected chi connectivity index (χ2v) is 5.41. The standard InChI is InChI=1S/C10H16O3Si/c1-3-8(2)9-4-6-10(7-5-9)14(11,12)13/h4-8,11-13H,3H2,1-2H3. The molecular weight excluding hydrogens is 196 g/mol. The lowest BCUT2D eigenvalue weighted by Gasteiger charge is -2.12. The SMILES string of the molecule is CCC(C)c1ccc([Si](O)(O)O)cc1. The van der Waals surface area contributed by atoms with Gasteiger partial charge in [0.2, 0.25) is 0 Å². The van der Waals surface area contributed by atoms with E-state index in [4.69, 9.17) is 14.4 Å². The minimum absolute atomic E-state index is 0.226. The Bertz CT molecular complexity index is 289. The molecule has 4 heteroatoms. The first kappa shape index (κ1) is 11.4. The summed E-state index contributed by atoms with van der Waals surface area (Å²) >= 11 is 0. The van der Waals surface area contributed by atoms with Crippen molar-refractivity contribution in [3.05, 3.63) is 29.8 Å². The van der Waals surface area contributed by atoms with Gasteiger partial charge in [0, 0.05) is 5.19 Å². The summed E-state index contributed by atoms with van der Waals surface area (Å²) in [6.07, 6.45) is 1.04.